The Balaban J connectivity index is 1.90. The SMILES string of the molecule is C[C@@H](OC(=O)/C=C/c1ccccc1F)C(=O)Nc1ccc(C(N)=O)cc1. The van der Waals surface area contributed by atoms with Gasteiger partial charge in [-0.25, -0.2) is 9.18 Å². The fourth-order valence-electron chi connectivity index (χ4n) is 2.00. The second-order valence-electron chi connectivity index (χ2n) is 5.36. The number of nitrogens with two attached hydrogens (primary N) is 1. The number of primary amides is 1. The molecule has 26 heavy (non-hydrogen) atoms. The minimum absolute atomic E-state index is 0.232. The molecule has 0 bridgehead atoms. The van der Waals surface area contributed by atoms with E-state index in [-0.39, 0.29) is 5.56 Å². The summed E-state index contributed by atoms with van der Waals surface area (Å²) in [7, 11) is 0. The van der Waals surface area contributed by atoms with Gasteiger partial charge in [0, 0.05) is 22.9 Å². The number of hydrogen-bond donors (Lipinski definition) is 2. The molecule has 0 aliphatic carbocycles. The van der Waals surface area contributed by atoms with E-state index in [4.69, 9.17) is 10.5 Å². The molecule has 0 aliphatic heterocycles. The van der Waals surface area contributed by atoms with Crippen LogP contribution in [0.1, 0.15) is 22.8 Å². The van der Waals surface area contributed by atoms with Gasteiger partial charge in [-0.2, -0.15) is 0 Å². The zero-order valence-electron chi connectivity index (χ0n) is 13.9. The zero-order valence-corrected chi connectivity index (χ0v) is 13.9. The van der Waals surface area contributed by atoms with Gasteiger partial charge < -0.3 is 15.8 Å². The molecule has 0 fully saturated rings. The van der Waals surface area contributed by atoms with Crippen molar-refractivity contribution in [3.63, 3.8) is 0 Å². The lowest BCUT2D eigenvalue weighted by molar-refractivity contribution is -0.148. The molecule has 2 amide bonds. The number of hydrogen-bond acceptors (Lipinski definition) is 4. The van der Waals surface area contributed by atoms with Gasteiger partial charge in [0.15, 0.2) is 6.10 Å². The van der Waals surface area contributed by atoms with Gasteiger partial charge in [0.05, 0.1) is 0 Å². The third-order valence-electron chi connectivity index (χ3n) is 3.40. The summed E-state index contributed by atoms with van der Waals surface area (Å²) in [6, 6.07) is 11.9. The highest BCUT2D eigenvalue weighted by atomic mass is 19.1. The van der Waals surface area contributed by atoms with Crippen LogP contribution in [0.2, 0.25) is 0 Å². The van der Waals surface area contributed by atoms with Crippen molar-refractivity contribution in [3.8, 4) is 0 Å². The molecule has 0 aromatic heterocycles. The highest BCUT2D eigenvalue weighted by Gasteiger charge is 2.16. The van der Waals surface area contributed by atoms with E-state index in [1.165, 1.54) is 55.5 Å². The summed E-state index contributed by atoms with van der Waals surface area (Å²) in [5.74, 6) is -2.38. The summed E-state index contributed by atoms with van der Waals surface area (Å²) in [5.41, 5.74) is 6.09. The van der Waals surface area contributed by atoms with Crippen molar-refractivity contribution in [1.29, 1.82) is 0 Å². The van der Waals surface area contributed by atoms with Crippen LogP contribution in [0.3, 0.4) is 0 Å². The molecular weight excluding hydrogens is 339 g/mol. The number of ether oxygens (including phenoxy) is 1. The fraction of sp³-hybridized carbons (Fsp3) is 0.105. The smallest absolute Gasteiger partial charge is 0.331 e. The van der Waals surface area contributed by atoms with E-state index in [0.29, 0.717) is 11.3 Å². The van der Waals surface area contributed by atoms with Crippen molar-refractivity contribution in [2.75, 3.05) is 5.32 Å². The Morgan fingerprint density at radius 3 is 2.38 bits per heavy atom. The van der Waals surface area contributed by atoms with Crippen molar-refractivity contribution < 1.29 is 23.5 Å². The predicted octanol–water partition coefficient (Wildman–Crippen LogP) is 2.51. The molecule has 6 nitrogen and oxygen atoms in total. The summed E-state index contributed by atoms with van der Waals surface area (Å²) >= 11 is 0. The maximum absolute atomic E-state index is 13.5. The third kappa shape index (κ3) is 5.27. The number of carbonyl (C=O) groups excluding carboxylic acids is 3. The molecule has 0 heterocycles. The second-order valence-corrected chi connectivity index (χ2v) is 5.36. The minimum Gasteiger partial charge on any atom is -0.449 e. The maximum Gasteiger partial charge on any atom is 0.331 e. The van der Waals surface area contributed by atoms with E-state index in [0.717, 1.165) is 6.08 Å². The first-order valence-corrected chi connectivity index (χ1v) is 7.71. The van der Waals surface area contributed by atoms with Gasteiger partial charge in [-0.05, 0) is 43.3 Å². The molecule has 0 unspecified atom stereocenters. The van der Waals surface area contributed by atoms with Crippen molar-refractivity contribution in [3.05, 3.63) is 71.6 Å². The lowest BCUT2D eigenvalue weighted by atomic mass is 10.2. The van der Waals surface area contributed by atoms with Crippen LogP contribution in [0.5, 0.6) is 0 Å². The van der Waals surface area contributed by atoms with E-state index < -0.39 is 29.7 Å². The van der Waals surface area contributed by atoms with Crippen LogP contribution in [0.25, 0.3) is 6.08 Å². The molecule has 134 valence electrons. The average molecular weight is 356 g/mol. The molecule has 0 saturated heterocycles. The molecule has 2 aromatic carbocycles. The molecule has 0 spiro atoms. The van der Waals surface area contributed by atoms with Gasteiger partial charge in [-0.15, -0.1) is 0 Å². The van der Waals surface area contributed by atoms with Crippen LogP contribution in [-0.4, -0.2) is 23.9 Å². The molecule has 0 radical (unpaired) electrons. The van der Waals surface area contributed by atoms with E-state index in [9.17, 15) is 18.8 Å². The first-order valence-electron chi connectivity index (χ1n) is 7.71. The Morgan fingerprint density at radius 1 is 1.12 bits per heavy atom. The predicted molar refractivity (Wildman–Crippen MR) is 94.6 cm³/mol. The Morgan fingerprint density at radius 2 is 1.77 bits per heavy atom. The van der Waals surface area contributed by atoms with Crippen LogP contribution in [-0.2, 0) is 14.3 Å². The van der Waals surface area contributed by atoms with Gasteiger partial charge in [0.1, 0.15) is 5.82 Å². The number of halogens is 1. The number of carbonyl (C=O) groups is 3. The fourth-order valence-corrected chi connectivity index (χ4v) is 2.00. The number of benzene rings is 2. The van der Waals surface area contributed by atoms with Crippen LogP contribution < -0.4 is 11.1 Å². The highest BCUT2D eigenvalue weighted by molar-refractivity contribution is 5.97. The molecule has 0 aliphatic rings. The van der Waals surface area contributed by atoms with E-state index in [2.05, 4.69) is 5.32 Å². The standard InChI is InChI=1S/C19H17FN2O4/c1-12(19(25)22-15-9-6-14(7-10-15)18(21)24)26-17(23)11-8-13-4-2-3-5-16(13)20/h2-12H,1H3,(H2,21,24)(H,22,25)/b11-8+/t12-/m1/s1. The van der Waals surface area contributed by atoms with Gasteiger partial charge in [0.2, 0.25) is 5.91 Å². The molecule has 2 aromatic rings. The summed E-state index contributed by atoms with van der Waals surface area (Å²) < 4.78 is 18.4. The number of anilines is 1. The summed E-state index contributed by atoms with van der Waals surface area (Å²) in [5, 5.41) is 2.54. The minimum atomic E-state index is -1.07. The lowest BCUT2D eigenvalue weighted by Gasteiger charge is -2.12. The second kappa shape index (κ2) is 8.57. The van der Waals surface area contributed by atoms with Gasteiger partial charge in [-0.1, -0.05) is 18.2 Å². The number of esters is 1. The molecule has 2 rings (SSSR count). The molecule has 1 atom stereocenters. The van der Waals surface area contributed by atoms with Crippen molar-refractivity contribution in [2.24, 2.45) is 5.73 Å². The normalized spacial score (nSPS) is 11.8. The lowest BCUT2D eigenvalue weighted by Crippen LogP contribution is -2.29. The zero-order chi connectivity index (χ0) is 19.1. The topological polar surface area (TPSA) is 98.5 Å². The number of amides is 2. The quantitative estimate of drug-likeness (QED) is 0.614. The monoisotopic (exact) mass is 356 g/mol. The van der Waals surface area contributed by atoms with Crippen LogP contribution in [0.15, 0.2) is 54.6 Å². The van der Waals surface area contributed by atoms with Gasteiger partial charge in [-0.3, -0.25) is 9.59 Å². The summed E-state index contributed by atoms with van der Waals surface area (Å²) in [6.45, 7) is 1.40. The van der Waals surface area contributed by atoms with Crippen LogP contribution in [0, 0.1) is 5.82 Å². The van der Waals surface area contributed by atoms with Crippen molar-refractivity contribution >= 4 is 29.5 Å². The van der Waals surface area contributed by atoms with Crippen molar-refractivity contribution in [2.45, 2.75) is 13.0 Å². The van der Waals surface area contributed by atoms with E-state index in [1.54, 1.807) is 6.07 Å². The van der Waals surface area contributed by atoms with Crippen LogP contribution >= 0.6 is 0 Å². The van der Waals surface area contributed by atoms with E-state index in [1.807, 2.05) is 0 Å². The number of rotatable bonds is 6. The molecule has 3 N–H and O–H groups in total. The summed E-state index contributed by atoms with van der Waals surface area (Å²) in [6.07, 6.45) is 1.25. The molecular formula is C19H17FN2O4. The maximum atomic E-state index is 13.5. The van der Waals surface area contributed by atoms with Gasteiger partial charge >= 0.3 is 5.97 Å². The van der Waals surface area contributed by atoms with Gasteiger partial charge in [0.25, 0.3) is 5.91 Å². The average Bonchev–Trinajstić information content (AvgIpc) is 2.61. The first kappa shape index (κ1) is 18.9. The Bertz CT molecular complexity index is 847. The Hall–Kier alpha value is -3.48. The highest BCUT2D eigenvalue weighted by Crippen LogP contribution is 2.11. The Labute approximate surface area is 149 Å². The van der Waals surface area contributed by atoms with E-state index >= 15 is 0 Å². The van der Waals surface area contributed by atoms with Crippen molar-refractivity contribution in [1.82, 2.24) is 0 Å². The van der Waals surface area contributed by atoms with Crippen LogP contribution in [0.4, 0.5) is 10.1 Å². The Kier molecular flexibility index (Phi) is 6.21. The third-order valence-corrected chi connectivity index (χ3v) is 3.40. The first-order chi connectivity index (χ1) is 12.4. The largest absolute Gasteiger partial charge is 0.449 e. The number of nitrogens with one attached hydrogen (secondary N) is 1. The summed E-state index contributed by atoms with van der Waals surface area (Å²) in [4.78, 5) is 34.8. The molecule has 7 heteroatoms. The molecule has 0 saturated carbocycles.